The zero-order chi connectivity index (χ0) is 10.8. The second-order valence-corrected chi connectivity index (χ2v) is 3.14. The van der Waals surface area contributed by atoms with Crippen LogP contribution in [0, 0.1) is 0 Å². The van der Waals surface area contributed by atoms with Crippen LogP contribution in [0.3, 0.4) is 0 Å². The lowest BCUT2D eigenvalue weighted by atomic mass is 10.1. The SMILES string of the molecule is COc1ccc(Cl)cc1C(F)(F)CO. The van der Waals surface area contributed by atoms with E-state index in [1.165, 1.54) is 19.2 Å². The van der Waals surface area contributed by atoms with Gasteiger partial charge in [-0.3, -0.25) is 0 Å². The molecular formula is C9H9ClF2O2. The fraction of sp³-hybridized carbons (Fsp3) is 0.333. The molecular weight excluding hydrogens is 214 g/mol. The summed E-state index contributed by atoms with van der Waals surface area (Å²) in [4.78, 5) is 0. The highest BCUT2D eigenvalue weighted by Gasteiger charge is 2.34. The van der Waals surface area contributed by atoms with E-state index in [-0.39, 0.29) is 10.8 Å². The quantitative estimate of drug-likeness (QED) is 0.851. The fourth-order valence-electron chi connectivity index (χ4n) is 1.05. The van der Waals surface area contributed by atoms with Crippen LogP contribution in [0.25, 0.3) is 0 Å². The van der Waals surface area contributed by atoms with Gasteiger partial charge < -0.3 is 9.84 Å². The van der Waals surface area contributed by atoms with Crippen molar-refractivity contribution in [2.45, 2.75) is 5.92 Å². The van der Waals surface area contributed by atoms with Gasteiger partial charge in [-0.05, 0) is 18.2 Å². The largest absolute Gasteiger partial charge is 0.496 e. The molecule has 1 rings (SSSR count). The number of rotatable bonds is 3. The number of hydrogen-bond acceptors (Lipinski definition) is 2. The first-order chi connectivity index (χ1) is 6.51. The highest BCUT2D eigenvalue weighted by atomic mass is 35.5. The van der Waals surface area contributed by atoms with Gasteiger partial charge in [0, 0.05) is 5.02 Å². The zero-order valence-electron chi connectivity index (χ0n) is 7.43. The number of hydrogen-bond donors (Lipinski definition) is 1. The second-order valence-electron chi connectivity index (χ2n) is 2.71. The highest BCUT2D eigenvalue weighted by molar-refractivity contribution is 6.30. The Morgan fingerprint density at radius 2 is 2.14 bits per heavy atom. The van der Waals surface area contributed by atoms with Crippen LogP contribution < -0.4 is 4.74 Å². The maximum atomic E-state index is 13.1. The monoisotopic (exact) mass is 222 g/mol. The van der Waals surface area contributed by atoms with Crippen molar-refractivity contribution in [2.75, 3.05) is 13.7 Å². The third kappa shape index (κ3) is 2.13. The molecule has 0 saturated carbocycles. The van der Waals surface area contributed by atoms with Crippen LogP contribution in [0.1, 0.15) is 5.56 Å². The van der Waals surface area contributed by atoms with E-state index in [1.807, 2.05) is 0 Å². The molecule has 0 amide bonds. The molecule has 1 N–H and O–H groups in total. The molecule has 78 valence electrons. The van der Waals surface area contributed by atoms with Crippen LogP contribution in [-0.2, 0) is 5.92 Å². The van der Waals surface area contributed by atoms with Crippen molar-refractivity contribution in [3.8, 4) is 5.75 Å². The standard InChI is InChI=1S/C9H9ClF2O2/c1-14-8-3-2-6(10)4-7(8)9(11,12)5-13/h2-4,13H,5H2,1H3. The maximum Gasteiger partial charge on any atom is 0.299 e. The van der Waals surface area contributed by atoms with E-state index < -0.39 is 18.1 Å². The summed E-state index contributed by atoms with van der Waals surface area (Å²) in [6.07, 6.45) is 0. The molecule has 0 spiro atoms. The van der Waals surface area contributed by atoms with Gasteiger partial charge in [-0.2, -0.15) is 8.78 Å². The van der Waals surface area contributed by atoms with Gasteiger partial charge in [-0.15, -0.1) is 0 Å². The van der Waals surface area contributed by atoms with E-state index in [4.69, 9.17) is 21.4 Å². The minimum atomic E-state index is -3.34. The Kier molecular flexibility index (Phi) is 3.29. The van der Waals surface area contributed by atoms with Crippen molar-refractivity contribution in [2.24, 2.45) is 0 Å². The first kappa shape index (κ1) is 11.2. The molecule has 14 heavy (non-hydrogen) atoms. The number of ether oxygens (including phenoxy) is 1. The third-order valence-corrected chi connectivity index (χ3v) is 1.99. The van der Waals surface area contributed by atoms with E-state index in [2.05, 4.69) is 0 Å². The van der Waals surface area contributed by atoms with Gasteiger partial charge in [-0.1, -0.05) is 11.6 Å². The van der Waals surface area contributed by atoms with E-state index in [1.54, 1.807) is 0 Å². The zero-order valence-corrected chi connectivity index (χ0v) is 8.18. The average Bonchev–Trinajstić information content (AvgIpc) is 2.18. The molecule has 0 aliphatic heterocycles. The molecule has 0 saturated heterocycles. The summed E-state index contributed by atoms with van der Waals surface area (Å²) in [5, 5.41) is 8.68. The molecule has 1 aromatic rings. The van der Waals surface area contributed by atoms with Gasteiger partial charge in [-0.25, -0.2) is 0 Å². The third-order valence-electron chi connectivity index (χ3n) is 1.75. The Hall–Kier alpha value is -0.870. The Labute approximate surface area is 85.1 Å². The molecule has 0 fully saturated rings. The molecule has 0 atom stereocenters. The summed E-state index contributed by atoms with van der Waals surface area (Å²) in [6.45, 7) is -1.27. The highest BCUT2D eigenvalue weighted by Crippen LogP contribution is 2.36. The first-order valence-electron chi connectivity index (χ1n) is 3.84. The van der Waals surface area contributed by atoms with E-state index in [0.29, 0.717) is 0 Å². The fourth-order valence-corrected chi connectivity index (χ4v) is 1.22. The predicted molar refractivity (Wildman–Crippen MR) is 49.0 cm³/mol. The molecule has 0 radical (unpaired) electrons. The van der Waals surface area contributed by atoms with Crippen LogP contribution in [0.15, 0.2) is 18.2 Å². The Morgan fingerprint density at radius 1 is 1.50 bits per heavy atom. The lowest BCUT2D eigenvalue weighted by Crippen LogP contribution is -2.19. The van der Waals surface area contributed by atoms with Gasteiger partial charge in [0.25, 0.3) is 5.92 Å². The van der Waals surface area contributed by atoms with Crippen LogP contribution in [0.4, 0.5) is 8.78 Å². The summed E-state index contributed by atoms with van der Waals surface area (Å²) >= 11 is 5.57. The maximum absolute atomic E-state index is 13.1. The molecule has 2 nitrogen and oxygen atoms in total. The summed E-state index contributed by atoms with van der Waals surface area (Å²) in [7, 11) is 1.28. The number of methoxy groups -OCH3 is 1. The van der Waals surface area contributed by atoms with Gasteiger partial charge in [0.05, 0.1) is 12.7 Å². The number of aliphatic hydroxyl groups excluding tert-OH is 1. The summed E-state index contributed by atoms with van der Waals surface area (Å²) < 4.78 is 31.0. The van der Waals surface area contributed by atoms with Gasteiger partial charge in [0.2, 0.25) is 0 Å². The van der Waals surface area contributed by atoms with Crippen molar-refractivity contribution in [3.05, 3.63) is 28.8 Å². The normalized spacial score (nSPS) is 11.5. The topological polar surface area (TPSA) is 29.5 Å². The van der Waals surface area contributed by atoms with E-state index in [0.717, 1.165) is 6.07 Å². The molecule has 0 heterocycles. The average molecular weight is 223 g/mol. The molecule has 0 unspecified atom stereocenters. The van der Waals surface area contributed by atoms with Gasteiger partial charge >= 0.3 is 0 Å². The number of benzene rings is 1. The van der Waals surface area contributed by atoms with E-state index in [9.17, 15) is 8.78 Å². The Morgan fingerprint density at radius 3 is 2.64 bits per heavy atom. The van der Waals surface area contributed by atoms with Gasteiger partial charge in [0.15, 0.2) is 0 Å². The number of alkyl halides is 2. The first-order valence-corrected chi connectivity index (χ1v) is 4.22. The Bertz CT molecular complexity index is 329. The number of halogens is 3. The Balaban J connectivity index is 3.23. The van der Waals surface area contributed by atoms with Crippen molar-refractivity contribution in [1.82, 2.24) is 0 Å². The molecule has 5 heteroatoms. The van der Waals surface area contributed by atoms with Crippen molar-refractivity contribution in [1.29, 1.82) is 0 Å². The van der Waals surface area contributed by atoms with Crippen LogP contribution >= 0.6 is 11.6 Å². The minimum Gasteiger partial charge on any atom is -0.496 e. The molecule has 0 bridgehead atoms. The minimum absolute atomic E-state index is 0.00782. The van der Waals surface area contributed by atoms with Gasteiger partial charge in [0.1, 0.15) is 12.4 Å². The smallest absolute Gasteiger partial charge is 0.299 e. The molecule has 0 aliphatic rings. The van der Waals surface area contributed by atoms with Crippen LogP contribution in [0.2, 0.25) is 5.02 Å². The van der Waals surface area contributed by atoms with Crippen molar-refractivity contribution >= 4 is 11.6 Å². The summed E-state index contributed by atoms with van der Waals surface area (Å²) in [6, 6.07) is 3.86. The van der Waals surface area contributed by atoms with E-state index >= 15 is 0 Å². The predicted octanol–water partition coefficient (Wildman–Crippen LogP) is 2.43. The molecule has 0 aliphatic carbocycles. The summed E-state index contributed by atoms with van der Waals surface area (Å²) in [5.74, 6) is -3.33. The van der Waals surface area contributed by atoms with Crippen LogP contribution in [0.5, 0.6) is 5.75 Å². The summed E-state index contributed by atoms with van der Waals surface area (Å²) in [5.41, 5.74) is -0.407. The van der Waals surface area contributed by atoms with Crippen molar-refractivity contribution in [3.63, 3.8) is 0 Å². The number of aliphatic hydroxyl groups is 1. The van der Waals surface area contributed by atoms with Crippen LogP contribution in [-0.4, -0.2) is 18.8 Å². The molecule has 1 aromatic carbocycles. The lowest BCUT2D eigenvalue weighted by molar-refractivity contribution is -0.0571. The lowest BCUT2D eigenvalue weighted by Gasteiger charge is -2.16. The second kappa shape index (κ2) is 4.11. The van der Waals surface area contributed by atoms with Crippen molar-refractivity contribution < 1.29 is 18.6 Å². The molecule has 0 aromatic heterocycles.